The van der Waals surface area contributed by atoms with E-state index in [0.29, 0.717) is 12.5 Å². The van der Waals surface area contributed by atoms with Crippen LogP contribution in [0.25, 0.3) is 0 Å². The molecule has 1 aromatic carbocycles. The van der Waals surface area contributed by atoms with Crippen molar-refractivity contribution in [2.45, 2.75) is 26.3 Å². The van der Waals surface area contributed by atoms with Crippen LogP contribution in [0, 0.1) is 12.3 Å². The molecular weight excluding hydrogens is 170 g/mol. The Morgan fingerprint density at radius 2 is 1.93 bits per heavy atom. The normalized spacial score (nSPS) is 10.1. The number of rotatable bonds is 4. The van der Waals surface area contributed by atoms with Crippen LogP contribution in [0.2, 0.25) is 0 Å². The Balaban J connectivity index is 2.52. The molecule has 14 heavy (non-hydrogen) atoms. The minimum absolute atomic E-state index is 0.600. The van der Waals surface area contributed by atoms with Gasteiger partial charge >= 0.3 is 0 Å². The zero-order chi connectivity index (χ0) is 10.4. The van der Waals surface area contributed by atoms with Crippen molar-refractivity contribution in [2.24, 2.45) is 0 Å². The van der Waals surface area contributed by atoms with Gasteiger partial charge in [0.15, 0.2) is 0 Å². The minimum atomic E-state index is 0.600. The molecule has 1 nitrogen and oxygen atoms in total. The zero-order valence-corrected chi connectivity index (χ0v) is 8.88. The van der Waals surface area contributed by atoms with Gasteiger partial charge in [0.1, 0.15) is 0 Å². The van der Waals surface area contributed by atoms with Gasteiger partial charge < -0.3 is 5.32 Å². The van der Waals surface area contributed by atoms with Crippen molar-refractivity contribution in [2.75, 3.05) is 6.54 Å². The predicted octanol–water partition coefficient (Wildman–Crippen LogP) is 2.53. The first kappa shape index (κ1) is 10.8. The van der Waals surface area contributed by atoms with Gasteiger partial charge in [-0.2, -0.15) is 0 Å². The first-order chi connectivity index (χ1) is 6.74. The van der Waals surface area contributed by atoms with Gasteiger partial charge in [-0.05, 0) is 17.0 Å². The minimum Gasteiger partial charge on any atom is -0.302 e. The standard InChI is InChI=1S/C13H17N/c1-4-9-14-10-12-5-7-13(8-6-12)11(2)3/h1,5-8,11,14H,9-10H2,2-3H3. The van der Waals surface area contributed by atoms with E-state index in [-0.39, 0.29) is 0 Å². The zero-order valence-electron chi connectivity index (χ0n) is 8.88. The summed E-state index contributed by atoms with van der Waals surface area (Å²) in [6.07, 6.45) is 5.14. The van der Waals surface area contributed by atoms with Gasteiger partial charge in [0.25, 0.3) is 0 Å². The summed E-state index contributed by atoms with van der Waals surface area (Å²) in [5, 5.41) is 3.16. The third-order valence-electron chi connectivity index (χ3n) is 2.20. The van der Waals surface area contributed by atoms with Crippen LogP contribution in [-0.2, 0) is 6.54 Å². The molecule has 1 aromatic rings. The molecule has 1 rings (SSSR count). The maximum Gasteiger partial charge on any atom is 0.0576 e. The second-order valence-corrected chi connectivity index (χ2v) is 3.70. The van der Waals surface area contributed by atoms with Crippen LogP contribution in [0.1, 0.15) is 30.9 Å². The highest BCUT2D eigenvalue weighted by Crippen LogP contribution is 2.14. The molecule has 0 spiro atoms. The van der Waals surface area contributed by atoms with Crippen molar-refractivity contribution >= 4 is 0 Å². The summed E-state index contributed by atoms with van der Waals surface area (Å²) in [5.41, 5.74) is 2.66. The Hall–Kier alpha value is -1.26. The fraction of sp³-hybridized carbons (Fsp3) is 0.385. The van der Waals surface area contributed by atoms with Crippen molar-refractivity contribution in [3.05, 3.63) is 35.4 Å². The second kappa shape index (κ2) is 5.47. The van der Waals surface area contributed by atoms with E-state index >= 15 is 0 Å². The molecular formula is C13H17N. The number of benzene rings is 1. The predicted molar refractivity (Wildman–Crippen MR) is 61.1 cm³/mol. The largest absolute Gasteiger partial charge is 0.302 e. The molecule has 0 atom stereocenters. The maximum atomic E-state index is 5.14. The van der Waals surface area contributed by atoms with Crippen LogP contribution in [0.4, 0.5) is 0 Å². The van der Waals surface area contributed by atoms with Crippen LogP contribution in [0.3, 0.4) is 0 Å². The Kier molecular flexibility index (Phi) is 4.22. The quantitative estimate of drug-likeness (QED) is 0.564. The number of hydrogen-bond donors (Lipinski definition) is 1. The third kappa shape index (κ3) is 3.24. The SMILES string of the molecule is C#CCNCc1ccc(C(C)C)cc1. The highest BCUT2D eigenvalue weighted by Gasteiger charge is 1.97. The van der Waals surface area contributed by atoms with E-state index in [2.05, 4.69) is 49.4 Å². The van der Waals surface area contributed by atoms with Crippen LogP contribution < -0.4 is 5.32 Å². The molecule has 0 bridgehead atoms. The summed E-state index contributed by atoms with van der Waals surface area (Å²) in [5.74, 6) is 3.16. The molecule has 0 radical (unpaired) electrons. The van der Waals surface area contributed by atoms with Crippen LogP contribution >= 0.6 is 0 Å². The first-order valence-corrected chi connectivity index (χ1v) is 4.97. The number of hydrogen-bond acceptors (Lipinski definition) is 1. The molecule has 0 amide bonds. The average molecular weight is 187 g/mol. The summed E-state index contributed by atoms with van der Waals surface area (Å²) in [6.45, 7) is 5.88. The third-order valence-corrected chi connectivity index (χ3v) is 2.20. The van der Waals surface area contributed by atoms with Gasteiger partial charge in [-0.3, -0.25) is 0 Å². The van der Waals surface area contributed by atoms with Crippen molar-refractivity contribution in [3.63, 3.8) is 0 Å². The molecule has 0 aliphatic rings. The molecule has 0 saturated carbocycles. The van der Waals surface area contributed by atoms with Crippen LogP contribution in [-0.4, -0.2) is 6.54 Å². The summed E-state index contributed by atoms with van der Waals surface area (Å²) in [6, 6.07) is 8.66. The summed E-state index contributed by atoms with van der Waals surface area (Å²) < 4.78 is 0. The van der Waals surface area contributed by atoms with Crippen molar-refractivity contribution in [1.29, 1.82) is 0 Å². The molecule has 0 aromatic heterocycles. The molecule has 1 N–H and O–H groups in total. The molecule has 1 heteroatoms. The molecule has 0 aliphatic heterocycles. The Morgan fingerprint density at radius 1 is 1.29 bits per heavy atom. The van der Waals surface area contributed by atoms with Gasteiger partial charge in [-0.1, -0.05) is 44.0 Å². The maximum absolute atomic E-state index is 5.14. The van der Waals surface area contributed by atoms with Crippen LogP contribution in [0.15, 0.2) is 24.3 Å². The molecule has 0 heterocycles. The molecule has 74 valence electrons. The lowest BCUT2D eigenvalue weighted by Crippen LogP contribution is -2.12. The van der Waals surface area contributed by atoms with Gasteiger partial charge in [0, 0.05) is 6.54 Å². The van der Waals surface area contributed by atoms with Crippen LogP contribution in [0.5, 0.6) is 0 Å². The topological polar surface area (TPSA) is 12.0 Å². The van der Waals surface area contributed by atoms with E-state index in [0.717, 1.165) is 6.54 Å². The Morgan fingerprint density at radius 3 is 2.43 bits per heavy atom. The molecule has 0 aliphatic carbocycles. The summed E-state index contributed by atoms with van der Waals surface area (Å²) >= 11 is 0. The van der Waals surface area contributed by atoms with Gasteiger partial charge in [0.05, 0.1) is 6.54 Å². The number of terminal acetylenes is 1. The highest BCUT2D eigenvalue weighted by atomic mass is 14.8. The molecule has 0 saturated heterocycles. The molecule has 0 fully saturated rings. The summed E-state index contributed by atoms with van der Waals surface area (Å²) in [4.78, 5) is 0. The highest BCUT2D eigenvalue weighted by molar-refractivity contribution is 5.24. The Labute approximate surface area is 86.5 Å². The van der Waals surface area contributed by atoms with E-state index in [1.165, 1.54) is 11.1 Å². The van der Waals surface area contributed by atoms with Crippen molar-refractivity contribution < 1.29 is 0 Å². The summed E-state index contributed by atoms with van der Waals surface area (Å²) in [7, 11) is 0. The van der Waals surface area contributed by atoms with E-state index in [1.807, 2.05) is 0 Å². The van der Waals surface area contributed by atoms with Gasteiger partial charge in [-0.15, -0.1) is 6.42 Å². The first-order valence-electron chi connectivity index (χ1n) is 4.97. The van der Waals surface area contributed by atoms with E-state index in [1.54, 1.807) is 0 Å². The van der Waals surface area contributed by atoms with E-state index < -0.39 is 0 Å². The van der Waals surface area contributed by atoms with Gasteiger partial charge in [-0.25, -0.2) is 0 Å². The van der Waals surface area contributed by atoms with Gasteiger partial charge in [0.2, 0.25) is 0 Å². The lowest BCUT2D eigenvalue weighted by molar-refractivity contribution is 0.768. The lowest BCUT2D eigenvalue weighted by Gasteiger charge is -2.06. The molecule has 0 unspecified atom stereocenters. The number of nitrogens with one attached hydrogen (secondary N) is 1. The fourth-order valence-corrected chi connectivity index (χ4v) is 1.30. The van der Waals surface area contributed by atoms with E-state index in [4.69, 9.17) is 6.42 Å². The monoisotopic (exact) mass is 187 g/mol. The fourth-order valence-electron chi connectivity index (χ4n) is 1.30. The lowest BCUT2D eigenvalue weighted by atomic mass is 10.0. The second-order valence-electron chi connectivity index (χ2n) is 3.70. The average Bonchev–Trinajstić information content (AvgIpc) is 2.19. The van der Waals surface area contributed by atoms with Crippen molar-refractivity contribution in [1.82, 2.24) is 5.32 Å². The Bertz CT molecular complexity index is 303. The van der Waals surface area contributed by atoms with Crippen molar-refractivity contribution in [3.8, 4) is 12.3 Å². The smallest absolute Gasteiger partial charge is 0.0576 e. The van der Waals surface area contributed by atoms with E-state index in [9.17, 15) is 0 Å².